The Morgan fingerprint density at radius 3 is 2.50 bits per heavy atom. The average Bonchev–Trinajstić information content (AvgIpc) is 2.34. The molecule has 0 aromatic heterocycles. The molecule has 0 heterocycles. The molecule has 0 bridgehead atoms. The zero-order valence-corrected chi connectivity index (χ0v) is 12.6. The first-order chi connectivity index (χ1) is 8.39. The maximum Gasteiger partial charge on any atom is 0.242 e. The molecule has 18 heavy (non-hydrogen) atoms. The van der Waals surface area contributed by atoms with Crippen LogP contribution in [0.5, 0.6) is 0 Å². The largest absolute Gasteiger partial charge is 0.326 e. The highest BCUT2D eigenvalue weighted by Crippen LogP contribution is 2.24. The number of amides is 1. The minimum absolute atomic E-state index is 0.112. The van der Waals surface area contributed by atoms with E-state index in [1.54, 1.807) is 32.0 Å². The Morgan fingerprint density at radius 1 is 1.33 bits per heavy atom. The van der Waals surface area contributed by atoms with Gasteiger partial charge in [0, 0.05) is 12.1 Å². The molecule has 1 aromatic rings. The van der Waals surface area contributed by atoms with Crippen molar-refractivity contribution in [2.24, 2.45) is 0 Å². The van der Waals surface area contributed by atoms with Crippen LogP contribution in [0.3, 0.4) is 0 Å². The Morgan fingerprint density at radius 2 is 1.94 bits per heavy atom. The molecule has 0 atom stereocenters. The topological polar surface area (TPSA) is 75.3 Å². The highest BCUT2D eigenvalue weighted by molar-refractivity contribution is 9.10. The number of benzene rings is 1. The van der Waals surface area contributed by atoms with Gasteiger partial charge in [0.15, 0.2) is 0 Å². The van der Waals surface area contributed by atoms with Gasteiger partial charge in [0.1, 0.15) is 4.66 Å². The van der Waals surface area contributed by atoms with Crippen LogP contribution in [0.25, 0.3) is 0 Å². The van der Waals surface area contributed by atoms with E-state index in [0.717, 1.165) is 0 Å². The fourth-order valence-electron chi connectivity index (χ4n) is 1.32. The minimum atomic E-state index is -3.39. The average molecular weight is 335 g/mol. The molecule has 100 valence electrons. The summed E-state index contributed by atoms with van der Waals surface area (Å²) in [4.78, 5) is 11.3. The van der Waals surface area contributed by atoms with E-state index in [2.05, 4.69) is 26.0 Å². The molecule has 0 fully saturated rings. The van der Waals surface area contributed by atoms with E-state index in [1.165, 1.54) is 0 Å². The lowest BCUT2D eigenvalue weighted by Gasteiger charge is -2.13. The first kappa shape index (κ1) is 15.0. The van der Waals surface area contributed by atoms with Gasteiger partial charge in [-0.15, -0.1) is 0 Å². The molecule has 0 saturated heterocycles. The molecule has 0 unspecified atom stereocenters. The number of nitrogens with one attached hydrogen (secondary N) is 2. The van der Waals surface area contributed by atoms with Crippen LogP contribution in [0.15, 0.2) is 18.2 Å². The molecule has 0 aliphatic rings. The Bertz CT molecular complexity index is 543. The van der Waals surface area contributed by atoms with Crippen molar-refractivity contribution in [1.29, 1.82) is 0 Å². The second-order valence-electron chi connectivity index (χ2n) is 3.71. The normalized spacial score (nSPS) is 11.1. The van der Waals surface area contributed by atoms with Crippen LogP contribution in [-0.4, -0.2) is 19.0 Å². The Hall–Kier alpha value is -1.08. The monoisotopic (exact) mass is 334 g/mol. The van der Waals surface area contributed by atoms with Gasteiger partial charge < -0.3 is 5.32 Å². The molecule has 0 radical (unpaired) electrons. The highest BCUT2D eigenvalue weighted by Gasteiger charge is 2.12. The van der Waals surface area contributed by atoms with Crippen molar-refractivity contribution in [1.82, 2.24) is 0 Å². The maximum atomic E-state index is 11.5. The van der Waals surface area contributed by atoms with Crippen molar-refractivity contribution >= 4 is 43.2 Å². The standard InChI is InChI=1S/C11H15BrN2O3S/c1-3-11(15)13-9-5-4-6-10(8(9)2)14-18(16,17)7-12/h4-6,14H,3,7H2,1-2H3,(H,13,15). The van der Waals surface area contributed by atoms with E-state index in [4.69, 9.17) is 0 Å². The van der Waals surface area contributed by atoms with E-state index in [-0.39, 0.29) is 10.6 Å². The summed E-state index contributed by atoms with van der Waals surface area (Å²) >= 11 is 2.90. The van der Waals surface area contributed by atoms with Gasteiger partial charge in [0.2, 0.25) is 15.9 Å². The van der Waals surface area contributed by atoms with Crippen molar-refractivity contribution < 1.29 is 13.2 Å². The first-order valence-electron chi connectivity index (χ1n) is 5.35. The number of carbonyl (C=O) groups is 1. The highest BCUT2D eigenvalue weighted by atomic mass is 79.9. The van der Waals surface area contributed by atoms with Crippen LogP contribution in [0, 0.1) is 6.92 Å². The van der Waals surface area contributed by atoms with Gasteiger partial charge in [-0.1, -0.05) is 28.9 Å². The lowest BCUT2D eigenvalue weighted by Crippen LogP contribution is -2.15. The number of rotatable bonds is 5. The number of halogens is 1. The molecular formula is C11H15BrN2O3S. The number of carbonyl (C=O) groups excluding carboxylic acids is 1. The lowest BCUT2D eigenvalue weighted by molar-refractivity contribution is -0.115. The molecule has 7 heteroatoms. The number of hydrogen-bond acceptors (Lipinski definition) is 3. The number of anilines is 2. The summed E-state index contributed by atoms with van der Waals surface area (Å²) in [6.45, 7) is 3.50. The fourth-order valence-corrected chi connectivity index (χ4v) is 2.27. The van der Waals surface area contributed by atoms with Crippen molar-refractivity contribution in [2.75, 3.05) is 14.7 Å². The number of alkyl halides is 1. The molecule has 5 nitrogen and oxygen atoms in total. The third-order valence-electron chi connectivity index (χ3n) is 2.34. The molecule has 0 aliphatic carbocycles. The summed E-state index contributed by atoms with van der Waals surface area (Å²) in [5.41, 5.74) is 1.75. The molecule has 1 rings (SSSR count). The van der Waals surface area contributed by atoms with Gasteiger partial charge in [-0.05, 0) is 24.6 Å². The summed E-state index contributed by atoms with van der Waals surface area (Å²) in [5.74, 6) is -0.112. The molecule has 1 amide bonds. The smallest absolute Gasteiger partial charge is 0.242 e. The molecule has 0 aliphatic heterocycles. The molecule has 1 aromatic carbocycles. The third-order valence-corrected chi connectivity index (χ3v) is 4.96. The molecule has 0 spiro atoms. The van der Waals surface area contributed by atoms with Crippen LogP contribution in [0.4, 0.5) is 11.4 Å². The quantitative estimate of drug-likeness (QED) is 0.812. The summed E-state index contributed by atoms with van der Waals surface area (Å²) in [6.07, 6.45) is 0.372. The summed E-state index contributed by atoms with van der Waals surface area (Å²) in [7, 11) is -3.39. The Labute approximate surface area is 115 Å². The van der Waals surface area contributed by atoms with Gasteiger partial charge in [0.05, 0.1) is 5.69 Å². The summed E-state index contributed by atoms with van der Waals surface area (Å²) in [6, 6.07) is 5.07. The van der Waals surface area contributed by atoms with Crippen LogP contribution in [-0.2, 0) is 14.8 Å². The predicted octanol–water partition coefficient (Wildman–Crippen LogP) is 2.44. The summed E-state index contributed by atoms with van der Waals surface area (Å²) in [5, 5.41) is 2.72. The SMILES string of the molecule is CCC(=O)Nc1cccc(NS(=O)(=O)CBr)c1C. The fraction of sp³-hybridized carbons (Fsp3) is 0.364. The van der Waals surface area contributed by atoms with Crippen molar-refractivity contribution in [2.45, 2.75) is 20.3 Å². The van der Waals surface area contributed by atoms with Crippen molar-refractivity contribution in [3.63, 3.8) is 0 Å². The number of sulfonamides is 1. The van der Waals surface area contributed by atoms with Gasteiger partial charge in [-0.2, -0.15) is 0 Å². The minimum Gasteiger partial charge on any atom is -0.326 e. The predicted molar refractivity (Wildman–Crippen MR) is 76.4 cm³/mol. The van der Waals surface area contributed by atoms with E-state index >= 15 is 0 Å². The zero-order valence-electron chi connectivity index (χ0n) is 10.2. The van der Waals surface area contributed by atoms with Gasteiger partial charge in [-0.25, -0.2) is 8.42 Å². The van der Waals surface area contributed by atoms with Gasteiger partial charge in [-0.3, -0.25) is 9.52 Å². The van der Waals surface area contributed by atoms with Crippen LogP contribution in [0.1, 0.15) is 18.9 Å². The molecule has 2 N–H and O–H groups in total. The van der Waals surface area contributed by atoms with E-state index < -0.39 is 10.0 Å². The van der Waals surface area contributed by atoms with E-state index in [0.29, 0.717) is 23.4 Å². The van der Waals surface area contributed by atoms with Crippen LogP contribution >= 0.6 is 15.9 Å². The molecule has 0 saturated carbocycles. The van der Waals surface area contributed by atoms with Crippen molar-refractivity contribution in [3.05, 3.63) is 23.8 Å². The summed E-state index contributed by atoms with van der Waals surface area (Å²) < 4.78 is 25.2. The van der Waals surface area contributed by atoms with Gasteiger partial charge in [0.25, 0.3) is 0 Å². The van der Waals surface area contributed by atoms with Crippen LogP contribution in [0.2, 0.25) is 0 Å². The van der Waals surface area contributed by atoms with E-state index in [9.17, 15) is 13.2 Å². The second kappa shape index (κ2) is 6.19. The number of hydrogen-bond donors (Lipinski definition) is 2. The maximum absolute atomic E-state index is 11.5. The van der Waals surface area contributed by atoms with E-state index in [1.807, 2.05) is 0 Å². The second-order valence-corrected chi connectivity index (χ2v) is 6.73. The van der Waals surface area contributed by atoms with Gasteiger partial charge >= 0.3 is 0 Å². The Balaban J connectivity index is 3.02. The first-order valence-corrected chi connectivity index (χ1v) is 8.13. The van der Waals surface area contributed by atoms with Crippen LogP contribution < -0.4 is 10.0 Å². The lowest BCUT2D eigenvalue weighted by atomic mass is 10.1. The molecular weight excluding hydrogens is 320 g/mol. The Kier molecular flexibility index (Phi) is 5.15. The third kappa shape index (κ3) is 3.99. The van der Waals surface area contributed by atoms with Crippen molar-refractivity contribution in [3.8, 4) is 0 Å². The zero-order chi connectivity index (χ0) is 13.8.